The summed E-state index contributed by atoms with van der Waals surface area (Å²) in [5, 5.41) is 6.90. The summed E-state index contributed by atoms with van der Waals surface area (Å²) in [5.74, 6) is 0.200. The Morgan fingerprint density at radius 2 is 1.83 bits per heavy atom. The fourth-order valence-electron chi connectivity index (χ4n) is 2.53. The maximum Gasteiger partial charge on any atom is 0.338 e. The van der Waals surface area contributed by atoms with Crippen LogP contribution >= 0.6 is 12.2 Å². The van der Waals surface area contributed by atoms with E-state index >= 15 is 0 Å². The summed E-state index contributed by atoms with van der Waals surface area (Å²) in [6, 6.07) is 14.0. The molecule has 0 atom stereocenters. The average molecular weight is 427 g/mol. The monoisotopic (exact) mass is 427 g/mol. The number of aryl methyl sites for hydroxylation is 1. The Morgan fingerprint density at radius 1 is 1.13 bits per heavy atom. The summed E-state index contributed by atoms with van der Waals surface area (Å²) in [7, 11) is 0. The fourth-order valence-corrected chi connectivity index (χ4v) is 2.73. The van der Waals surface area contributed by atoms with Crippen LogP contribution in [0.3, 0.4) is 0 Å². The second-order valence-electron chi connectivity index (χ2n) is 6.37. The highest BCUT2D eigenvalue weighted by atomic mass is 32.1. The smallest absolute Gasteiger partial charge is 0.338 e. The molecule has 3 aromatic rings. The molecule has 30 heavy (non-hydrogen) atoms. The molecule has 0 saturated carbocycles. The van der Waals surface area contributed by atoms with E-state index < -0.39 is 5.97 Å². The van der Waals surface area contributed by atoms with Crippen molar-refractivity contribution in [1.82, 2.24) is 9.78 Å². The Kier molecular flexibility index (Phi) is 6.97. The molecule has 0 unspecified atom stereocenters. The molecule has 0 aliphatic carbocycles. The Hall–Kier alpha value is -3.46. The quantitative estimate of drug-likeness (QED) is 0.430. The zero-order chi connectivity index (χ0) is 21.5. The van der Waals surface area contributed by atoms with Crippen LogP contribution in [0.25, 0.3) is 0 Å². The summed E-state index contributed by atoms with van der Waals surface area (Å²) >= 11 is 5.12. The van der Waals surface area contributed by atoms with Crippen molar-refractivity contribution >= 4 is 29.8 Å². The first kappa shape index (κ1) is 21.3. The van der Waals surface area contributed by atoms with Crippen molar-refractivity contribution in [3.05, 3.63) is 70.4 Å². The number of hydrogen-bond donors (Lipinski definition) is 1. The van der Waals surface area contributed by atoms with Gasteiger partial charge in [-0.3, -0.25) is 4.79 Å². The van der Waals surface area contributed by atoms with Gasteiger partial charge in [0.15, 0.2) is 6.61 Å². The fraction of sp³-hybridized carbons (Fsp3) is 0.238. The van der Waals surface area contributed by atoms with Crippen LogP contribution in [-0.2, 0) is 22.7 Å². The first-order valence-electron chi connectivity index (χ1n) is 9.28. The van der Waals surface area contributed by atoms with Crippen molar-refractivity contribution in [1.29, 1.82) is 0 Å². The van der Waals surface area contributed by atoms with E-state index in [-0.39, 0.29) is 29.8 Å². The summed E-state index contributed by atoms with van der Waals surface area (Å²) in [4.78, 5) is 24.0. The van der Waals surface area contributed by atoms with Crippen LogP contribution in [0.15, 0.2) is 52.9 Å². The molecule has 0 spiro atoms. The topological polar surface area (TPSA) is 95.6 Å². The minimum atomic E-state index is -0.412. The maximum absolute atomic E-state index is 12.3. The van der Waals surface area contributed by atoms with Crippen LogP contribution in [0, 0.1) is 11.8 Å². The SMILES string of the molecule is CCOC(=O)c1ccc(NC(=O)Cn2nc(COc3ccc(C)cc3)oc2=S)cc1. The lowest BCUT2D eigenvalue weighted by Gasteiger charge is -2.06. The number of rotatable bonds is 8. The van der Waals surface area contributed by atoms with Gasteiger partial charge in [-0.25, -0.2) is 9.48 Å². The molecule has 9 heteroatoms. The molecule has 3 rings (SSSR count). The number of carbonyl (C=O) groups is 2. The van der Waals surface area contributed by atoms with E-state index in [4.69, 9.17) is 26.1 Å². The van der Waals surface area contributed by atoms with Crippen LogP contribution < -0.4 is 10.1 Å². The standard InChI is InChI=1S/C21H21N3O5S/c1-3-27-20(26)15-6-8-16(9-7-15)22-18(25)12-24-21(30)29-19(23-24)13-28-17-10-4-14(2)5-11-17/h4-11H,3,12-13H2,1-2H3,(H,22,25). The number of hydrogen-bond acceptors (Lipinski definition) is 7. The predicted molar refractivity (Wildman–Crippen MR) is 112 cm³/mol. The van der Waals surface area contributed by atoms with E-state index in [0.29, 0.717) is 23.6 Å². The Morgan fingerprint density at radius 3 is 2.50 bits per heavy atom. The number of esters is 1. The summed E-state index contributed by atoms with van der Waals surface area (Å²) in [5.41, 5.74) is 2.07. The van der Waals surface area contributed by atoms with Gasteiger partial charge in [0, 0.05) is 5.69 Å². The number of nitrogens with one attached hydrogen (secondary N) is 1. The molecule has 156 valence electrons. The Balaban J connectivity index is 1.55. The minimum absolute atomic E-state index is 0.0744. The molecule has 1 amide bonds. The van der Waals surface area contributed by atoms with Crippen molar-refractivity contribution in [3.63, 3.8) is 0 Å². The zero-order valence-corrected chi connectivity index (χ0v) is 17.4. The molecule has 0 fully saturated rings. The lowest BCUT2D eigenvalue weighted by molar-refractivity contribution is -0.117. The number of aromatic nitrogens is 2. The Bertz CT molecular complexity index is 1070. The molecular formula is C21H21N3O5S. The van der Waals surface area contributed by atoms with Gasteiger partial charge in [0.2, 0.25) is 5.91 Å². The third-order valence-corrected chi connectivity index (χ3v) is 4.30. The number of benzene rings is 2. The third kappa shape index (κ3) is 5.77. The molecule has 2 aromatic carbocycles. The van der Waals surface area contributed by atoms with Gasteiger partial charge in [0.25, 0.3) is 10.7 Å². The van der Waals surface area contributed by atoms with Crippen LogP contribution in [0.1, 0.15) is 28.7 Å². The number of amides is 1. The van der Waals surface area contributed by atoms with E-state index in [2.05, 4.69) is 10.4 Å². The number of anilines is 1. The van der Waals surface area contributed by atoms with E-state index in [1.54, 1.807) is 31.2 Å². The molecule has 1 heterocycles. The molecule has 0 radical (unpaired) electrons. The highest BCUT2D eigenvalue weighted by Gasteiger charge is 2.12. The number of ether oxygens (including phenoxy) is 2. The molecular weight excluding hydrogens is 406 g/mol. The summed E-state index contributed by atoms with van der Waals surface area (Å²) < 4.78 is 17.2. The van der Waals surface area contributed by atoms with Crippen LogP contribution in [0.2, 0.25) is 0 Å². The van der Waals surface area contributed by atoms with E-state index in [9.17, 15) is 9.59 Å². The highest BCUT2D eigenvalue weighted by molar-refractivity contribution is 7.71. The van der Waals surface area contributed by atoms with Gasteiger partial charge in [-0.1, -0.05) is 17.7 Å². The number of carbonyl (C=O) groups excluding carboxylic acids is 2. The molecule has 0 aliphatic heterocycles. The summed E-state index contributed by atoms with van der Waals surface area (Å²) in [6.45, 7) is 4.00. The lowest BCUT2D eigenvalue weighted by atomic mass is 10.2. The average Bonchev–Trinajstić information content (AvgIpc) is 3.07. The van der Waals surface area contributed by atoms with Gasteiger partial charge in [-0.2, -0.15) is 0 Å². The maximum atomic E-state index is 12.3. The van der Waals surface area contributed by atoms with E-state index in [1.807, 2.05) is 31.2 Å². The lowest BCUT2D eigenvalue weighted by Crippen LogP contribution is -2.19. The second kappa shape index (κ2) is 9.84. The van der Waals surface area contributed by atoms with Gasteiger partial charge in [-0.05, 0) is 62.5 Å². The first-order chi connectivity index (χ1) is 14.4. The van der Waals surface area contributed by atoms with E-state index in [1.165, 1.54) is 4.68 Å². The van der Waals surface area contributed by atoms with Crippen molar-refractivity contribution in [3.8, 4) is 5.75 Å². The van der Waals surface area contributed by atoms with Crippen molar-refractivity contribution in [2.24, 2.45) is 0 Å². The van der Waals surface area contributed by atoms with Gasteiger partial charge >= 0.3 is 5.97 Å². The molecule has 0 saturated heterocycles. The second-order valence-corrected chi connectivity index (χ2v) is 6.72. The van der Waals surface area contributed by atoms with Crippen molar-refractivity contribution in [2.45, 2.75) is 27.0 Å². The largest absolute Gasteiger partial charge is 0.484 e. The van der Waals surface area contributed by atoms with Crippen LogP contribution in [0.5, 0.6) is 5.75 Å². The van der Waals surface area contributed by atoms with Crippen molar-refractivity contribution in [2.75, 3.05) is 11.9 Å². The normalized spacial score (nSPS) is 10.5. The molecule has 0 aliphatic rings. The first-order valence-corrected chi connectivity index (χ1v) is 9.68. The van der Waals surface area contributed by atoms with Gasteiger partial charge in [-0.15, -0.1) is 5.10 Å². The number of nitrogens with zero attached hydrogens (tertiary/aromatic N) is 2. The van der Waals surface area contributed by atoms with Gasteiger partial charge < -0.3 is 19.2 Å². The third-order valence-electron chi connectivity index (χ3n) is 4.00. The molecule has 8 nitrogen and oxygen atoms in total. The summed E-state index contributed by atoms with van der Waals surface area (Å²) in [6.07, 6.45) is 0. The Labute approximate surface area is 178 Å². The predicted octanol–water partition coefficient (Wildman–Crippen LogP) is 3.91. The molecule has 1 aromatic heterocycles. The molecule has 1 N–H and O–H groups in total. The van der Waals surface area contributed by atoms with Crippen molar-refractivity contribution < 1.29 is 23.5 Å². The van der Waals surface area contributed by atoms with Crippen LogP contribution in [-0.4, -0.2) is 28.3 Å². The van der Waals surface area contributed by atoms with Gasteiger partial charge in [0.05, 0.1) is 12.2 Å². The van der Waals surface area contributed by atoms with Crippen LogP contribution in [0.4, 0.5) is 5.69 Å². The molecule has 0 bridgehead atoms. The zero-order valence-electron chi connectivity index (χ0n) is 16.6. The van der Waals surface area contributed by atoms with Gasteiger partial charge in [0.1, 0.15) is 12.3 Å². The minimum Gasteiger partial charge on any atom is -0.484 e. The highest BCUT2D eigenvalue weighted by Crippen LogP contribution is 2.14. The van der Waals surface area contributed by atoms with E-state index in [0.717, 1.165) is 5.56 Å².